The van der Waals surface area contributed by atoms with E-state index >= 15 is 0 Å². The molecule has 2 heteroatoms. The molecule has 1 aromatic carbocycles. The first-order valence-corrected chi connectivity index (χ1v) is 4.50. The molecule has 0 radical (unpaired) electrons. The van der Waals surface area contributed by atoms with Crippen LogP contribution in [0.15, 0.2) is 24.4 Å². The van der Waals surface area contributed by atoms with Gasteiger partial charge in [-0.2, -0.15) is 0 Å². The number of hydrogen-bond acceptors (Lipinski definition) is 0. The molecule has 1 aromatic heterocycles. The van der Waals surface area contributed by atoms with Crippen molar-refractivity contribution >= 4 is 10.9 Å². The molecular weight excluding hydrogens is 165 g/mol. The van der Waals surface area contributed by atoms with Crippen molar-refractivity contribution in [2.75, 3.05) is 0 Å². The number of rotatable bonds is 0. The first-order chi connectivity index (χ1) is 6.27. The smallest absolute Gasteiger partial charge is 0.125 e. The van der Waals surface area contributed by atoms with Crippen LogP contribution in [-0.2, 0) is 0 Å². The van der Waals surface area contributed by atoms with E-state index in [4.69, 9.17) is 0 Å². The van der Waals surface area contributed by atoms with Crippen molar-refractivity contribution in [3.8, 4) is 0 Å². The van der Waals surface area contributed by atoms with Crippen LogP contribution < -0.4 is 0 Å². The topological polar surface area (TPSA) is 15.8 Å². The second-order valence-electron chi connectivity index (χ2n) is 2.66. The van der Waals surface area contributed by atoms with E-state index in [0.29, 0.717) is 0 Å². The van der Waals surface area contributed by atoms with E-state index in [1.165, 1.54) is 12.1 Å². The van der Waals surface area contributed by atoms with E-state index in [-0.39, 0.29) is 5.82 Å². The molecule has 0 saturated carbocycles. The second-order valence-corrected chi connectivity index (χ2v) is 2.66. The van der Waals surface area contributed by atoms with Gasteiger partial charge in [-0.05, 0) is 30.7 Å². The van der Waals surface area contributed by atoms with Gasteiger partial charge in [0.2, 0.25) is 0 Å². The summed E-state index contributed by atoms with van der Waals surface area (Å²) < 4.78 is 12.6. The summed E-state index contributed by atoms with van der Waals surface area (Å²) in [5, 5.41) is 1.09. The average molecular weight is 179 g/mol. The van der Waals surface area contributed by atoms with Gasteiger partial charge >= 0.3 is 0 Å². The molecule has 1 N–H and O–H groups in total. The second kappa shape index (κ2) is 4.08. The summed E-state index contributed by atoms with van der Waals surface area (Å²) in [7, 11) is 0. The zero-order chi connectivity index (χ0) is 9.84. The molecule has 0 aliphatic carbocycles. The molecule has 2 aromatic rings. The highest BCUT2D eigenvalue weighted by molar-refractivity contribution is 5.82. The Bertz CT molecular complexity index is 390. The molecule has 0 bridgehead atoms. The largest absolute Gasteiger partial charge is 0.361 e. The van der Waals surface area contributed by atoms with Crippen molar-refractivity contribution in [1.82, 2.24) is 4.98 Å². The van der Waals surface area contributed by atoms with E-state index in [1.807, 2.05) is 27.0 Å². The van der Waals surface area contributed by atoms with Crippen molar-refractivity contribution < 1.29 is 4.39 Å². The lowest BCUT2D eigenvalue weighted by atomic mass is 10.2. The molecular formula is C11H14FN. The van der Waals surface area contributed by atoms with E-state index in [0.717, 1.165) is 16.5 Å². The molecule has 0 amide bonds. The summed E-state index contributed by atoms with van der Waals surface area (Å²) in [5.74, 6) is -0.195. The van der Waals surface area contributed by atoms with Gasteiger partial charge in [-0.15, -0.1) is 0 Å². The third-order valence-corrected chi connectivity index (χ3v) is 1.85. The van der Waals surface area contributed by atoms with Gasteiger partial charge in [-0.25, -0.2) is 4.39 Å². The fourth-order valence-electron chi connectivity index (χ4n) is 1.24. The molecule has 13 heavy (non-hydrogen) atoms. The first-order valence-electron chi connectivity index (χ1n) is 4.50. The number of halogens is 1. The normalized spacial score (nSPS) is 9.54. The SMILES string of the molecule is CC.Cc1c[nH]c2cc(F)ccc12. The maximum absolute atomic E-state index is 12.6. The van der Waals surface area contributed by atoms with Crippen molar-refractivity contribution in [2.24, 2.45) is 0 Å². The third kappa shape index (κ3) is 1.89. The van der Waals surface area contributed by atoms with Crippen LogP contribution in [0.1, 0.15) is 19.4 Å². The highest BCUT2D eigenvalue weighted by atomic mass is 19.1. The highest BCUT2D eigenvalue weighted by Gasteiger charge is 1.98. The lowest BCUT2D eigenvalue weighted by molar-refractivity contribution is 0.629. The van der Waals surface area contributed by atoms with Crippen LogP contribution in [0.25, 0.3) is 10.9 Å². The van der Waals surface area contributed by atoms with Crippen molar-refractivity contribution in [3.05, 3.63) is 35.8 Å². The van der Waals surface area contributed by atoms with Gasteiger partial charge in [0.05, 0.1) is 0 Å². The number of aromatic nitrogens is 1. The summed E-state index contributed by atoms with van der Waals surface area (Å²) in [6.07, 6.45) is 1.88. The number of hydrogen-bond donors (Lipinski definition) is 1. The van der Waals surface area contributed by atoms with Gasteiger partial charge in [0.25, 0.3) is 0 Å². The first kappa shape index (κ1) is 9.78. The molecule has 0 spiro atoms. The number of nitrogens with one attached hydrogen (secondary N) is 1. The lowest BCUT2D eigenvalue weighted by Crippen LogP contribution is -1.72. The molecule has 0 aliphatic rings. The Morgan fingerprint density at radius 2 is 1.92 bits per heavy atom. The van der Waals surface area contributed by atoms with Gasteiger partial charge in [-0.1, -0.05) is 13.8 Å². The number of aromatic amines is 1. The lowest BCUT2D eigenvalue weighted by Gasteiger charge is -1.90. The van der Waals surface area contributed by atoms with E-state index in [2.05, 4.69) is 4.98 Å². The fourth-order valence-corrected chi connectivity index (χ4v) is 1.24. The zero-order valence-corrected chi connectivity index (χ0v) is 8.19. The number of fused-ring (bicyclic) bond motifs is 1. The zero-order valence-electron chi connectivity index (χ0n) is 8.19. The quantitative estimate of drug-likeness (QED) is 0.635. The van der Waals surface area contributed by atoms with Crippen LogP contribution in [0.2, 0.25) is 0 Å². The molecule has 1 heterocycles. The Kier molecular flexibility index (Phi) is 3.07. The molecule has 70 valence electrons. The molecule has 0 saturated heterocycles. The number of H-pyrrole nitrogens is 1. The Labute approximate surface area is 77.6 Å². The van der Waals surface area contributed by atoms with Gasteiger partial charge in [0, 0.05) is 17.1 Å². The van der Waals surface area contributed by atoms with E-state index in [1.54, 1.807) is 6.07 Å². The average Bonchev–Trinajstić information content (AvgIpc) is 2.51. The van der Waals surface area contributed by atoms with Crippen molar-refractivity contribution in [3.63, 3.8) is 0 Å². The standard InChI is InChI=1S/C9H8FN.C2H6/c1-6-5-11-9-4-7(10)2-3-8(6)9;1-2/h2-5,11H,1H3;1-2H3. The Hall–Kier alpha value is -1.31. The summed E-state index contributed by atoms with van der Waals surface area (Å²) in [6, 6.07) is 4.77. The van der Waals surface area contributed by atoms with Gasteiger partial charge < -0.3 is 4.98 Å². The predicted molar refractivity (Wildman–Crippen MR) is 54.3 cm³/mol. The van der Waals surface area contributed by atoms with Crippen LogP contribution in [-0.4, -0.2) is 4.98 Å². The van der Waals surface area contributed by atoms with Crippen LogP contribution in [0.3, 0.4) is 0 Å². The minimum absolute atomic E-state index is 0.195. The minimum atomic E-state index is -0.195. The molecule has 0 fully saturated rings. The van der Waals surface area contributed by atoms with Crippen molar-refractivity contribution in [1.29, 1.82) is 0 Å². The van der Waals surface area contributed by atoms with E-state index < -0.39 is 0 Å². The Balaban J connectivity index is 0.000000396. The van der Waals surface area contributed by atoms with Crippen molar-refractivity contribution in [2.45, 2.75) is 20.8 Å². The summed E-state index contributed by atoms with van der Waals surface area (Å²) >= 11 is 0. The predicted octanol–water partition coefficient (Wildman–Crippen LogP) is 3.64. The van der Waals surface area contributed by atoms with E-state index in [9.17, 15) is 4.39 Å². The Morgan fingerprint density at radius 3 is 2.62 bits per heavy atom. The maximum atomic E-state index is 12.6. The molecule has 1 nitrogen and oxygen atoms in total. The Morgan fingerprint density at radius 1 is 1.23 bits per heavy atom. The molecule has 0 unspecified atom stereocenters. The summed E-state index contributed by atoms with van der Waals surface area (Å²) in [4.78, 5) is 2.99. The number of benzene rings is 1. The summed E-state index contributed by atoms with van der Waals surface area (Å²) in [5.41, 5.74) is 2.02. The van der Waals surface area contributed by atoms with Crippen LogP contribution in [0.5, 0.6) is 0 Å². The maximum Gasteiger partial charge on any atom is 0.125 e. The van der Waals surface area contributed by atoms with Gasteiger partial charge in [-0.3, -0.25) is 0 Å². The molecule has 0 atom stereocenters. The van der Waals surface area contributed by atoms with Gasteiger partial charge in [0.1, 0.15) is 5.82 Å². The minimum Gasteiger partial charge on any atom is -0.361 e. The third-order valence-electron chi connectivity index (χ3n) is 1.85. The van der Waals surface area contributed by atoms with Crippen LogP contribution in [0, 0.1) is 12.7 Å². The van der Waals surface area contributed by atoms with Crippen LogP contribution >= 0.6 is 0 Å². The van der Waals surface area contributed by atoms with Crippen LogP contribution in [0.4, 0.5) is 4.39 Å². The number of aryl methyl sites for hydroxylation is 1. The van der Waals surface area contributed by atoms with Gasteiger partial charge in [0.15, 0.2) is 0 Å². The fraction of sp³-hybridized carbons (Fsp3) is 0.273. The highest BCUT2D eigenvalue weighted by Crippen LogP contribution is 2.17. The summed E-state index contributed by atoms with van der Waals surface area (Å²) in [6.45, 7) is 6.00. The monoisotopic (exact) mass is 179 g/mol. The molecule has 2 rings (SSSR count). The molecule has 0 aliphatic heterocycles.